The van der Waals surface area contributed by atoms with Gasteiger partial charge in [-0.2, -0.15) is 0 Å². The van der Waals surface area contributed by atoms with E-state index in [1.165, 1.54) is 71.1 Å². The van der Waals surface area contributed by atoms with Gasteiger partial charge in [-0.15, -0.1) is 0 Å². The number of benzene rings is 1. The van der Waals surface area contributed by atoms with Gasteiger partial charge in [0.15, 0.2) is 0 Å². The highest BCUT2D eigenvalue weighted by Gasteiger charge is 2.33. The van der Waals surface area contributed by atoms with Gasteiger partial charge in [0.1, 0.15) is 0 Å². The Hall–Kier alpha value is -0.860. The molecular weight excluding hydrogens is 316 g/mol. The van der Waals surface area contributed by atoms with Crippen LogP contribution in [0.4, 0.5) is 0 Å². The van der Waals surface area contributed by atoms with Gasteiger partial charge in [0, 0.05) is 25.2 Å². The Labute approximate surface area is 161 Å². The van der Waals surface area contributed by atoms with Crippen LogP contribution < -0.4 is 0 Å². The molecule has 1 aromatic carbocycles. The third-order valence-electron chi connectivity index (χ3n) is 7.40. The second kappa shape index (κ2) is 8.44. The summed E-state index contributed by atoms with van der Waals surface area (Å²) in [6.07, 6.45) is 9.81. The lowest BCUT2D eigenvalue weighted by molar-refractivity contribution is 0.0358. The molecule has 2 heteroatoms. The molecule has 0 spiro atoms. The van der Waals surface area contributed by atoms with Crippen LogP contribution in [-0.2, 0) is 0 Å². The van der Waals surface area contributed by atoms with Crippen LogP contribution in [0.2, 0.25) is 0 Å². The first-order valence-corrected chi connectivity index (χ1v) is 11.2. The van der Waals surface area contributed by atoms with E-state index in [0.717, 1.165) is 29.8 Å². The van der Waals surface area contributed by atoms with E-state index in [9.17, 15) is 0 Å². The van der Waals surface area contributed by atoms with E-state index in [2.05, 4.69) is 54.0 Å². The maximum absolute atomic E-state index is 2.84. The Morgan fingerprint density at radius 3 is 1.88 bits per heavy atom. The Balaban J connectivity index is 1.24. The maximum Gasteiger partial charge on any atom is 0.0120 e. The first-order valence-electron chi connectivity index (χ1n) is 11.2. The molecule has 0 radical (unpaired) electrons. The van der Waals surface area contributed by atoms with Gasteiger partial charge >= 0.3 is 0 Å². The topological polar surface area (TPSA) is 6.48 Å². The van der Waals surface area contributed by atoms with Gasteiger partial charge in [-0.1, -0.05) is 44.2 Å². The van der Waals surface area contributed by atoms with Crippen LogP contribution in [0.3, 0.4) is 0 Å². The summed E-state index contributed by atoms with van der Waals surface area (Å²) in [5.74, 6) is 2.59. The summed E-state index contributed by atoms with van der Waals surface area (Å²) in [7, 11) is 0. The van der Waals surface area contributed by atoms with Gasteiger partial charge in [-0.25, -0.2) is 0 Å². The van der Waals surface area contributed by atoms with Gasteiger partial charge in [-0.3, -0.25) is 4.90 Å². The number of nitrogens with zero attached hydrogens (tertiary/aromatic N) is 2. The molecule has 0 aromatic heterocycles. The zero-order valence-electron chi connectivity index (χ0n) is 16.9. The van der Waals surface area contributed by atoms with Crippen molar-refractivity contribution >= 4 is 0 Å². The third-order valence-corrected chi connectivity index (χ3v) is 7.40. The lowest BCUT2D eigenvalue weighted by Gasteiger charge is -2.46. The van der Waals surface area contributed by atoms with E-state index in [1.807, 2.05) is 0 Å². The lowest BCUT2D eigenvalue weighted by Crippen LogP contribution is -2.52. The number of rotatable bonds is 3. The van der Waals surface area contributed by atoms with E-state index in [1.54, 1.807) is 5.56 Å². The molecule has 2 saturated heterocycles. The summed E-state index contributed by atoms with van der Waals surface area (Å²) in [5.41, 5.74) is 1.57. The molecule has 26 heavy (non-hydrogen) atoms. The first-order chi connectivity index (χ1) is 12.7. The molecule has 1 saturated carbocycles. The molecule has 1 aromatic rings. The summed E-state index contributed by atoms with van der Waals surface area (Å²) in [6, 6.07) is 12.9. The second-order valence-corrected chi connectivity index (χ2v) is 9.58. The average molecular weight is 355 g/mol. The van der Waals surface area contributed by atoms with Crippen molar-refractivity contribution in [1.82, 2.24) is 9.80 Å². The highest BCUT2D eigenvalue weighted by Crippen LogP contribution is 2.36. The minimum Gasteiger partial charge on any atom is -0.300 e. The zero-order valence-corrected chi connectivity index (χ0v) is 16.9. The molecule has 144 valence electrons. The van der Waals surface area contributed by atoms with Gasteiger partial charge in [0.2, 0.25) is 0 Å². The third kappa shape index (κ3) is 4.34. The molecule has 0 N–H and O–H groups in total. The fourth-order valence-electron chi connectivity index (χ4n) is 6.12. The van der Waals surface area contributed by atoms with Crippen LogP contribution in [0, 0.1) is 11.8 Å². The monoisotopic (exact) mass is 354 g/mol. The summed E-state index contributed by atoms with van der Waals surface area (Å²) >= 11 is 0. The molecule has 1 aliphatic carbocycles. The molecule has 2 atom stereocenters. The molecule has 2 nitrogen and oxygen atoms in total. The Morgan fingerprint density at radius 1 is 0.692 bits per heavy atom. The summed E-state index contributed by atoms with van der Waals surface area (Å²) < 4.78 is 0. The largest absolute Gasteiger partial charge is 0.300 e. The predicted molar refractivity (Wildman–Crippen MR) is 111 cm³/mol. The average Bonchev–Trinajstić information content (AvgIpc) is 2.68. The van der Waals surface area contributed by atoms with Gasteiger partial charge < -0.3 is 4.90 Å². The van der Waals surface area contributed by atoms with Gasteiger partial charge in [0.25, 0.3) is 0 Å². The van der Waals surface area contributed by atoms with E-state index < -0.39 is 0 Å². The highest BCUT2D eigenvalue weighted by atomic mass is 15.2. The fourth-order valence-corrected chi connectivity index (χ4v) is 6.12. The molecule has 0 bridgehead atoms. The number of piperidine rings is 2. The Bertz CT molecular complexity index is 531. The first kappa shape index (κ1) is 18.5. The summed E-state index contributed by atoms with van der Waals surface area (Å²) in [5, 5.41) is 0. The molecule has 3 fully saturated rings. The van der Waals surface area contributed by atoms with Gasteiger partial charge in [0.05, 0.1) is 0 Å². The van der Waals surface area contributed by atoms with E-state index in [-0.39, 0.29) is 0 Å². The van der Waals surface area contributed by atoms with Crippen molar-refractivity contribution in [2.24, 2.45) is 11.8 Å². The summed E-state index contributed by atoms with van der Waals surface area (Å²) in [6.45, 7) is 10.3. The summed E-state index contributed by atoms with van der Waals surface area (Å²) in [4.78, 5) is 5.68. The van der Waals surface area contributed by atoms with Crippen molar-refractivity contribution in [3.05, 3.63) is 35.9 Å². The second-order valence-electron chi connectivity index (χ2n) is 9.58. The van der Waals surface area contributed by atoms with Crippen LogP contribution in [0.1, 0.15) is 70.3 Å². The Kier molecular flexibility index (Phi) is 6.00. The smallest absolute Gasteiger partial charge is 0.0120 e. The Morgan fingerprint density at radius 2 is 1.27 bits per heavy atom. The minimum absolute atomic E-state index is 0.807. The molecule has 4 rings (SSSR count). The molecule has 3 aliphatic rings. The normalized spacial score (nSPS) is 35.5. The van der Waals surface area contributed by atoms with Crippen molar-refractivity contribution < 1.29 is 0 Å². The molecular formula is C24H38N2. The SMILES string of the molecule is C[C@H]1C[C@H](C)CN(C2CCN(C3CCC(c4ccccc4)CC3)CC2)C1. The van der Waals surface area contributed by atoms with Crippen molar-refractivity contribution in [3.63, 3.8) is 0 Å². The number of hydrogen-bond donors (Lipinski definition) is 0. The molecule has 0 unspecified atom stereocenters. The predicted octanol–water partition coefficient (Wildman–Crippen LogP) is 5.16. The van der Waals surface area contributed by atoms with Crippen molar-refractivity contribution in [2.45, 2.75) is 76.8 Å². The van der Waals surface area contributed by atoms with Crippen LogP contribution in [0.25, 0.3) is 0 Å². The highest BCUT2D eigenvalue weighted by molar-refractivity contribution is 5.20. The van der Waals surface area contributed by atoms with Crippen molar-refractivity contribution in [2.75, 3.05) is 26.2 Å². The van der Waals surface area contributed by atoms with E-state index in [0.29, 0.717) is 0 Å². The van der Waals surface area contributed by atoms with Crippen LogP contribution in [0.5, 0.6) is 0 Å². The van der Waals surface area contributed by atoms with Crippen LogP contribution >= 0.6 is 0 Å². The van der Waals surface area contributed by atoms with E-state index >= 15 is 0 Å². The maximum atomic E-state index is 2.84. The molecule has 0 amide bonds. The number of likely N-dealkylation sites (tertiary alicyclic amines) is 2. The van der Waals surface area contributed by atoms with Crippen molar-refractivity contribution in [3.8, 4) is 0 Å². The minimum atomic E-state index is 0.807. The fraction of sp³-hybridized carbons (Fsp3) is 0.750. The number of hydrogen-bond acceptors (Lipinski definition) is 2. The molecule has 2 aliphatic heterocycles. The van der Waals surface area contributed by atoms with Crippen LogP contribution in [-0.4, -0.2) is 48.1 Å². The van der Waals surface area contributed by atoms with Crippen molar-refractivity contribution in [1.29, 1.82) is 0 Å². The van der Waals surface area contributed by atoms with Crippen LogP contribution in [0.15, 0.2) is 30.3 Å². The molecule has 2 heterocycles. The van der Waals surface area contributed by atoms with E-state index in [4.69, 9.17) is 0 Å². The standard InChI is InChI=1S/C24H38N2/c1-19-16-20(2)18-26(17-19)24-12-14-25(15-13-24)23-10-8-22(9-11-23)21-6-4-3-5-7-21/h3-7,19-20,22-24H,8-18H2,1-2H3/t19-,20-,22?,23?/m0/s1. The lowest BCUT2D eigenvalue weighted by atomic mass is 9.80. The quantitative estimate of drug-likeness (QED) is 0.740. The van der Waals surface area contributed by atoms with Gasteiger partial charge in [-0.05, 0) is 81.4 Å². The zero-order chi connectivity index (χ0) is 17.9.